The van der Waals surface area contributed by atoms with E-state index in [1.54, 1.807) is 6.92 Å². The van der Waals surface area contributed by atoms with Crippen LogP contribution in [-0.4, -0.2) is 23.4 Å². The first-order valence-corrected chi connectivity index (χ1v) is 7.50. The lowest BCUT2D eigenvalue weighted by Crippen LogP contribution is -2.31. The molecule has 1 aromatic rings. The Labute approximate surface area is 124 Å². The lowest BCUT2D eigenvalue weighted by Gasteiger charge is -2.23. The third-order valence-corrected chi connectivity index (χ3v) is 3.52. The topological polar surface area (TPSA) is 41.5 Å². The summed E-state index contributed by atoms with van der Waals surface area (Å²) >= 11 is 3.47. The van der Waals surface area contributed by atoms with E-state index < -0.39 is 5.60 Å². The molecule has 1 aromatic carbocycles. The molecule has 0 fully saturated rings. The molecule has 4 heteroatoms. The summed E-state index contributed by atoms with van der Waals surface area (Å²) in [5.74, 6) is 0.824. The summed E-state index contributed by atoms with van der Waals surface area (Å²) in [5, 5.41) is 13.4. The van der Waals surface area contributed by atoms with Crippen molar-refractivity contribution in [2.24, 2.45) is 0 Å². The summed E-state index contributed by atoms with van der Waals surface area (Å²) < 4.78 is 6.80. The lowest BCUT2D eigenvalue weighted by atomic mass is 10.1. The quantitative estimate of drug-likeness (QED) is 0.804. The molecule has 0 amide bonds. The van der Waals surface area contributed by atoms with Crippen molar-refractivity contribution in [1.82, 2.24) is 5.32 Å². The number of hydrogen-bond donors (Lipinski definition) is 2. The van der Waals surface area contributed by atoms with E-state index in [9.17, 15) is 5.11 Å². The van der Waals surface area contributed by atoms with Gasteiger partial charge in [0.25, 0.3) is 0 Å². The summed E-state index contributed by atoms with van der Waals surface area (Å²) in [6.45, 7) is 9.02. The van der Waals surface area contributed by atoms with E-state index in [4.69, 9.17) is 4.74 Å². The van der Waals surface area contributed by atoms with Gasteiger partial charge in [-0.15, -0.1) is 0 Å². The van der Waals surface area contributed by atoms with E-state index in [-0.39, 0.29) is 0 Å². The van der Waals surface area contributed by atoms with E-state index in [1.165, 1.54) is 0 Å². The Morgan fingerprint density at radius 2 is 2.11 bits per heavy atom. The third-order valence-electron chi connectivity index (χ3n) is 3.02. The molecule has 0 aliphatic rings. The maximum Gasteiger partial charge on any atom is 0.124 e. The minimum Gasteiger partial charge on any atom is -0.490 e. The van der Waals surface area contributed by atoms with Gasteiger partial charge in [0.05, 0.1) is 5.60 Å². The number of halogens is 1. The van der Waals surface area contributed by atoms with Crippen molar-refractivity contribution in [3.05, 3.63) is 28.2 Å². The summed E-state index contributed by atoms with van der Waals surface area (Å²) in [5.41, 5.74) is 0.311. The Kier molecular flexibility index (Phi) is 6.30. The molecule has 19 heavy (non-hydrogen) atoms. The summed E-state index contributed by atoms with van der Waals surface area (Å²) in [7, 11) is 0. The van der Waals surface area contributed by atoms with Gasteiger partial charge in [0.15, 0.2) is 0 Å². The first-order valence-electron chi connectivity index (χ1n) is 6.71. The van der Waals surface area contributed by atoms with Gasteiger partial charge in [-0.05, 0) is 31.5 Å². The fraction of sp³-hybridized carbons (Fsp3) is 0.600. The van der Waals surface area contributed by atoms with Crippen molar-refractivity contribution < 1.29 is 9.84 Å². The maximum atomic E-state index is 10.00. The van der Waals surface area contributed by atoms with E-state index in [2.05, 4.69) is 35.1 Å². The molecule has 0 saturated heterocycles. The van der Waals surface area contributed by atoms with E-state index in [0.717, 1.165) is 22.3 Å². The van der Waals surface area contributed by atoms with Crippen LogP contribution in [0.15, 0.2) is 22.7 Å². The minimum absolute atomic E-state index is 0.305. The average molecular weight is 330 g/mol. The predicted octanol–water partition coefficient (Wildman–Crippen LogP) is 3.49. The number of aliphatic hydroxyl groups is 1. The van der Waals surface area contributed by atoms with Gasteiger partial charge in [-0.25, -0.2) is 0 Å². The molecule has 0 heterocycles. The van der Waals surface area contributed by atoms with Gasteiger partial charge in [-0.3, -0.25) is 0 Å². The highest BCUT2D eigenvalue weighted by Gasteiger charge is 2.19. The van der Waals surface area contributed by atoms with E-state index in [0.29, 0.717) is 19.1 Å². The number of hydrogen-bond acceptors (Lipinski definition) is 3. The van der Waals surface area contributed by atoms with Gasteiger partial charge >= 0.3 is 0 Å². The van der Waals surface area contributed by atoms with Crippen LogP contribution in [-0.2, 0) is 6.54 Å². The van der Waals surface area contributed by atoms with Crippen LogP contribution in [0.4, 0.5) is 0 Å². The largest absolute Gasteiger partial charge is 0.490 e. The van der Waals surface area contributed by atoms with Crippen LogP contribution < -0.4 is 10.1 Å². The van der Waals surface area contributed by atoms with Crippen LogP contribution in [0.3, 0.4) is 0 Å². The van der Waals surface area contributed by atoms with Gasteiger partial charge in [0.2, 0.25) is 0 Å². The molecule has 2 N–H and O–H groups in total. The molecule has 0 spiro atoms. The zero-order chi connectivity index (χ0) is 14.5. The predicted molar refractivity (Wildman–Crippen MR) is 82.5 cm³/mol. The molecule has 0 aliphatic heterocycles. The van der Waals surface area contributed by atoms with Gasteiger partial charge in [0, 0.05) is 22.6 Å². The molecular formula is C15H24BrNO2. The third kappa shape index (κ3) is 5.93. The standard InChI is InChI=1S/C15H24BrNO2/c1-5-15(4,18)10-19-14-7-6-13(16)8-12(14)9-17-11(2)3/h6-8,11,17-18H,5,9-10H2,1-4H3. The average Bonchev–Trinajstić information content (AvgIpc) is 2.35. The Bertz CT molecular complexity index is 405. The Morgan fingerprint density at radius 3 is 2.68 bits per heavy atom. The normalized spacial score (nSPS) is 14.5. The fourth-order valence-corrected chi connectivity index (χ4v) is 1.88. The second kappa shape index (κ2) is 7.27. The molecule has 0 aromatic heterocycles. The van der Waals surface area contributed by atoms with Crippen molar-refractivity contribution in [2.45, 2.75) is 52.3 Å². The van der Waals surface area contributed by atoms with Crippen molar-refractivity contribution in [2.75, 3.05) is 6.61 Å². The summed E-state index contributed by atoms with van der Waals surface area (Å²) in [4.78, 5) is 0. The van der Waals surface area contributed by atoms with Crippen molar-refractivity contribution in [1.29, 1.82) is 0 Å². The minimum atomic E-state index is -0.782. The van der Waals surface area contributed by atoms with Gasteiger partial charge in [0.1, 0.15) is 12.4 Å². The molecule has 3 nitrogen and oxygen atoms in total. The van der Waals surface area contributed by atoms with Crippen molar-refractivity contribution in [3.8, 4) is 5.75 Å². The monoisotopic (exact) mass is 329 g/mol. The van der Waals surface area contributed by atoms with Crippen LogP contribution in [0.2, 0.25) is 0 Å². The highest BCUT2D eigenvalue weighted by molar-refractivity contribution is 9.10. The highest BCUT2D eigenvalue weighted by Crippen LogP contribution is 2.24. The summed E-state index contributed by atoms with van der Waals surface area (Å²) in [6, 6.07) is 6.36. The molecule has 1 atom stereocenters. The molecule has 0 aliphatic carbocycles. The first-order chi connectivity index (χ1) is 8.84. The highest BCUT2D eigenvalue weighted by atomic mass is 79.9. The molecule has 0 radical (unpaired) electrons. The van der Waals surface area contributed by atoms with Gasteiger partial charge in [-0.1, -0.05) is 36.7 Å². The number of benzene rings is 1. The second-order valence-electron chi connectivity index (χ2n) is 5.43. The van der Waals surface area contributed by atoms with Gasteiger partial charge < -0.3 is 15.2 Å². The number of ether oxygens (including phenoxy) is 1. The van der Waals surface area contributed by atoms with Crippen molar-refractivity contribution >= 4 is 15.9 Å². The Balaban J connectivity index is 2.76. The Hall–Kier alpha value is -0.580. The molecule has 0 saturated carbocycles. The summed E-state index contributed by atoms with van der Waals surface area (Å²) in [6.07, 6.45) is 0.670. The molecule has 1 unspecified atom stereocenters. The molecule has 108 valence electrons. The SMILES string of the molecule is CCC(C)(O)COc1ccc(Br)cc1CNC(C)C. The van der Waals surface area contributed by atoms with Crippen LogP contribution >= 0.6 is 15.9 Å². The Morgan fingerprint density at radius 1 is 1.42 bits per heavy atom. The zero-order valence-corrected chi connectivity index (χ0v) is 13.8. The van der Waals surface area contributed by atoms with Crippen molar-refractivity contribution in [3.63, 3.8) is 0 Å². The van der Waals surface area contributed by atoms with Crippen LogP contribution in [0.5, 0.6) is 5.75 Å². The number of rotatable bonds is 7. The lowest BCUT2D eigenvalue weighted by molar-refractivity contribution is 0.00814. The molecular weight excluding hydrogens is 306 g/mol. The van der Waals surface area contributed by atoms with Crippen LogP contribution in [0.1, 0.15) is 39.7 Å². The van der Waals surface area contributed by atoms with E-state index >= 15 is 0 Å². The van der Waals surface area contributed by atoms with E-state index in [1.807, 2.05) is 25.1 Å². The maximum absolute atomic E-state index is 10.00. The fourth-order valence-electron chi connectivity index (χ4n) is 1.48. The molecule has 0 bridgehead atoms. The van der Waals surface area contributed by atoms with Crippen LogP contribution in [0.25, 0.3) is 0 Å². The first kappa shape index (κ1) is 16.5. The number of nitrogens with one attached hydrogen (secondary N) is 1. The molecule has 1 rings (SSSR count). The second-order valence-corrected chi connectivity index (χ2v) is 6.34. The zero-order valence-electron chi connectivity index (χ0n) is 12.2. The van der Waals surface area contributed by atoms with Gasteiger partial charge in [-0.2, -0.15) is 0 Å². The van der Waals surface area contributed by atoms with Crippen LogP contribution in [0, 0.1) is 0 Å². The smallest absolute Gasteiger partial charge is 0.124 e.